The molecule has 0 bridgehead atoms. The summed E-state index contributed by atoms with van der Waals surface area (Å²) in [5, 5.41) is 3.28. The van der Waals surface area contributed by atoms with Crippen molar-refractivity contribution in [3.05, 3.63) is 35.9 Å². The summed E-state index contributed by atoms with van der Waals surface area (Å²) >= 11 is 0. The maximum atomic E-state index is 12.4. The Bertz CT molecular complexity index is 402. The highest BCUT2D eigenvalue weighted by Gasteiger charge is 2.22. The van der Waals surface area contributed by atoms with Gasteiger partial charge in [0.05, 0.1) is 18.6 Å². The molecular weight excluding hydrogens is 240 g/mol. The Balaban J connectivity index is 1.91. The lowest BCUT2D eigenvalue weighted by Gasteiger charge is -2.29. The number of nitrogens with zero attached hydrogens (tertiary/aromatic N) is 1. The van der Waals surface area contributed by atoms with Gasteiger partial charge >= 0.3 is 0 Å². The summed E-state index contributed by atoms with van der Waals surface area (Å²) in [5.74, 6) is 0.0307. The molecule has 0 aliphatic carbocycles. The molecule has 1 aliphatic heterocycles. The third kappa shape index (κ3) is 3.78. The summed E-state index contributed by atoms with van der Waals surface area (Å²) in [6, 6.07) is 9.89. The van der Waals surface area contributed by atoms with Gasteiger partial charge in [-0.2, -0.15) is 0 Å². The van der Waals surface area contributed by atoms with E-state index in [9.17, 15) is 4.79 Å². The van der Waals surface area contributed by atoms with Crippen LogP contribution in [0.25, 0.3) is 0 Å². The SMILES string of the molecule is CC(C(=O)N(C)CC1CNCCO1)c1ccccc1. The maximum Gasteiger partial charge on any atom is 0.229 e. The molecule has 1 aromatic carbocycles. The molecule has 0 saturated carbocycles. The molecule has 4 nitrogen and oxygen atoms in total. The number of hydrogen-bond acceptors (Lipinski definition) is 3. The van der Waals surface area contributed by atoms with Crippen LogP contribution in [-0.2, 0) is 9.53 Å². The van der Waals surface area contributed by atoms with E-state index in [1.54, 1.807) is 4.90 Å². The van der Waals surface area contributed by atoms with E-state index >= 15 is 0 Å². The number of nitrogens with one attached hydrogen (secondary N) is 1. The first-order valence-electron chi connectivity index (χ1n) is 6.80. The Labute approximate surface area is 114 Å². The largest absolute Gasteiger partial charge is 0.374 e. The van der Waals surface area contributed by atoms with Gasteiger partial charge in [0.15, 0.2) is 0 Å². The number of ether oxygens (including phenoxy) is 1. The third-order valence-electron chi connectivity index (χ3n) is 3.53. The molecule has 1 aliphatic rings. The average molecular weight is 262 g/mol. The van der Waals surface area contributed by atoms with Crippen LogP contribution in [0.3, 0.4) is 0 Å². The molecule has 1 amide bonds. The topological polar surface area (TPSA) is 41.6 Å². The van der Waals surface area contributed by atoms with Crippen LogP contribution in [0.2, 0.25) is 0 Å². The van der Waals surface area contributed by atoms with E-state index in [2.05, 4.69) is 5.32 Å². The number of benzene rings is 1. The Morgan fingerprint density at radius 1 is 1.47 bits per heavy atom. The van der Waals surface area contributed by atoms with Gasteiger partial charge in [-0.15, -0.1) is 0 Å². The standard InChI is InChI=1S/C15H22N2O2/c1-12(13-6-4-3-5-7-13)15(18)17(2)11-14-10-16-8-9-19-14/h3-7,12,14,16H,8-11H2,1-2H3. The number of likely N-dealkylation sites (N-methyl/N-ethyl adjacent to an activating group) is 1. The fraction of sp³-hybridized carbons (Fsp3) is 0.533. The molecule has 4 heteroatoms. The Morgan fingerprint density at radius 3 is 2.84 bits per heavy atom. The van der Waals surface area contributed by atoms with Crippen molar-refractivity contribution in [2.24, 2.45) is 0 Å². The van der Waals surface area contributed by atoms with Crippen molar-refractivity contribution in [2.45, 2.75) is 18.9 Å². The molecule has 0 spiro atoms. The minimum Gasteiger partial charge on any atom is -0.374 e. The van der Waals surface area contributed by atoms with Crippen LogP contribution in [0.1, 0.15) is 18.4 Å². The predicted octanol–water partition coefficient (Wildman–Crippen LogP) is 1.24. The van der Waals surface area contributed by atoms with Gasteiger partial charge in [-0.1, -0.05) is 30.3 Å². The fourth-order valence-corrected chi connectivity index (χ4v) is 2.35. The van der Waals surface area contributed by atoms with Crippen LogP contribution in [0.4, 0.5) is 0 Å². The second-order valence-corrected chi connectivity index (χ2v) is 5.05. The van der Waals surface area contributed by atoms with Gasteiger partial charge in [0.1, 0.15) is 0 Å². The van der Waals surface area contributed by atoms with Crippen molar-refractivity contribution >= 4 is 5.91 Å². The van der Waals surface area contributed by atoms with Gasteiger partial charge in [0.2, 0.25) is 5.91 Å². The normalized spacial score (nSPS) is 20.8. The molecule has 1 saturated heterocycles. The van der Waals surface area contributed by atoms with Crippen LogP contribution < -0.4 is 5.32 Å². The van der Waals surface area contributed by atoms with Gasteiger partial charge < -0.3 is 15.0 Å². The minimum atomic E-state index is -0.109. The molecular formula is C15H22N2O2. The molecule has 19 heavy (non-hydrogen) atoms. The number of morpholine rings is 1. The quantitative estimate of drug-likeness (QED) is 0.887. The molecule has 1 heterocycles. The van der Waals surface area contributed by atoms with E-state index in [0.717, 1.165) is 25.3 Å². The highest BCUT2D eigenvalue weighted by atomic mass is 16.5. The second-order valence-electron chi connectivity index (χ2n) is 5.05. The first-order chi connectivity index (χ1) is 9.18. The molecule has 1 N–H and O–H groups in total. The lowest BCUT2D eigenvalue weighted by molar-refractivity contribution is -0.133. The van der Waals surface area contributed by atoms with Gasteiger partial charge in [0.25, 0.3) is 0 Å². The summed E-state index contributed by atoms with van der Waals surface area (Å²) in [5.41, 5.74) is 1.06. The zero-order valence-corrected chi connectivity index (χ0v) is 11.6. The zero-order chi connectivity index (χ0) is 13.7. The number of hydrogen-bond donors (Lipinski definition) is 1. The number of amides is 1. The fourth-order valence-electron chi connectivity index (χ4n) is 2.35. The van der Waals surface area contributed by atoms with Gasteiger partial charge in [-0.25, -0.2) is 0 Å². The van der Waals surface area contributed by atoms with E-state index < -0.39 is 0 Å². The molecule has 1 fully saturated rings. The summed E-state index contributed by atoms with van der Waals surface area (Å²) in [6.07, 6.45) is 0.102. The first kappa shape index (κ1) is 14.0. The van der Waals surface area contributed by atoms with Gasteiger partial charge in [0, 0.05) is 26.7 Å². The highest BCUT2D eigenvalue weighted by molar-refractivity contribution is 5.83. The van der Waals surface area contributed by atoms with Crippen molar-refractivity contribution < 1.29 is 9.53 Å². The highest BCUT2D eigenvalue weighted by Crippen LogP contribution is 2.17. The molecule has 1 aromatic rings. The Hall–Kier alpha value is -1.39. The summed E-state index contributed by atoms with van der Waals surface area (Å²) < 4.78 is 5.63. The minimum absolute atomic E-state index is 0.102. The van der Waals surface area contributed by atoms with Crippen molar-refractivity contribution in [1.29, 1.82) is 0 Å². The monoisotopic (exact) mass is 262 g/mol. The molecule has 104 valence electrons. The van der Waals surface area contributed by atoms with E-state index in [0.29, 0.717) is 6.54 Å². The second kappa shape index (κ2) is 6.68. The van der Waals surface area contributed by atoms with E-state index in [1.807, 2.05) is 44.3 Å². The summed E-state index contributed by atoms with van der Waals surface area (Å²) in [6.45, 7) is 5.03. The van der Waals surface area contributed by atoms with Crippen molar-refractivity contribution in [3.63, 3.8) is 0 Å². The lowest BCUT2D eigenvalue weighted by atomic mass is 10.00. The van der Waals surface area contributed by atoms with Gasteiger partial charge in [-0.3, -0.25) is 4.79 Å². The van der Waals surface area contributed by atoms with Crippen LogP contribution in [0.15, 0.2) is 30.3 Å². The van der Waals surface area contributed by atoms with Crippen molar-refractivity contribution in [3.8, 4) is 0 Å². The molecule has 2 rings (SSSR count). The predicted molar refractivity (Wildman–Crippen MR) is 75.1 cm³/mol. The number of rotatable bonds is 4. The van der Waals surface area contributed by atoms with Crippen molar-refractivity contribution in [1.82, 2.24) is 10.2 Å². The number of carbonyl (C=O) groups excluding carboxylic acids is 1. The van der Waals surface area contributed by atoms with Crippen LogP contribution in [-0.4, -0.2) is 50.2 Å². The molecule has 0 aromatic heterocycles. The van der Waals surface area contributed by atoms with E-state index in [-0.39, 0.29) is 17.9 Å². The molecule has 2 unspecified atom stereocenters. The number of carbonyl (C=O) groups is 1. The van der Waals surface area contributed by atoms with Crippen LogP contribution in [0, 0.1) is 0 Å². The third-order valence-corrected chi connectivity index (χ3v) is 3.53. The van der Waals surface area contributed by atoms with Crippen LogP contribution in [0.5, 0.6) is 0 Å². The Kier molecular flexibility index (Phi) is 4.93. The molecule has 0 radical (unpaired) electrons. The maximum absolute atomic E-state index is 12.4. The summed E-state index contributed by atoms with van der Waals surface area (Å²) in [7, 11) is 1.85. The van der Waals surface area contributed by atoms with E-state index in [4.69, 9.17) is 4.74 Å². The molecule has 2 atom stereocenters. The summed E-state index contributed by atoms with van der Waals surface area (Å²) in [4.78, 5) is 14.1. The van der Waals surface area contributed by atoms with Crippen molar-refractivity contribution in [2.75, 3.05) is 33.3 Å². The first-order valence-corrected chi connectivity index (χ1v) is 6.80. The average Bonchev–Trinajstić information content (AvgIpc) is 2.47. The van der Waals surface area contributed by atoms with Gasteiger partial charge in [-0.05, 0) is 12.5 Å². The lowest BCUT2D eigenvalue weighted by Crippen LogP contribution is -2.46. The zero-order valence-electron chi connectivity index (χ0n) is 11.6. The van der Waals surface area contributed by atoms with E-state index in [1.165, 1.54) is 0 Å². The smallest absolute Gasteiger partial charge is 0.229 e. The Morgan fingerprint density at radius 2 is 2.21 bits per heavy atom. The van der Waals surface area contributed by atoms with Crippen LogP contribution >= 0.6 is 0 Å².